The van der Waals surface area contributed by atoms with E-state index in [1.807, 2.05) is 0 Å². The van der Waals surface area contributed by atoms with E-state index in [-0.39, 0.29) is 23.5 Å². The van der Waals surface area contributed by atoms with Crippen molar-refractivity contribution in [3.63, 3.8) is 0 Å². The minimum Gasteiger partial charge on any atom is -0.351 e. The number of rotatable bonds is 5. The molecule has 1 fully saturated rings. The second-order valence-electron chi connectivity index (χ2n) is 4.54. The van der Waals surface area contributed by atoms with Crippen molar-refractivity contribution in [2.75, 3.05) is 23.4 Å². The predicted octanol–water partition coefficient (Wildman–Crippen LogP) is -0.00860. The summed E-state index contributed by atoms with van der Waals surface area (Å²) in [5, 5.41) is 5.57. The summed E-state index contributed by atoms with van der Waals surface area (Å²) in [6.45, 7) is 4.09. The number of hydrogen-bond donors (Lipinski definition) is 2. The van der Waals surface area contributed by atoms with Crippen molar-refractivity contribution in [3.05, 3.63) is 30.6 Å². The van der Waals surface area contributed by atoms with Crippen LogP contribution >= 0.6 is 0 Å². The molecule has 0 spiro atoms. The minimum atomic E-state index is -3.01. The lowest BCUT2D eigenvalue weighted by molar-refractivity contribution is 0.0940. The maximum Gasteiger partial charge on any atom is 0.254 e. The van der Waals surface area contributed by atoms with Gasteiger partial charge in [-0.15, -0.1) is 6.58 Å². The Morgan fingerprint density at radius 1 is 1.45 bits per heavy atom. The molecule has 0 bridgehead atoms. The fraction of sp³-hybridized carbons (Fsp3) is 0.417. The summed E-state index contributed by atoms with van der Waals surface area (Å²) in [5.41, 5.74) is 0.304. The van der Waals surface area contributed by atoms with Crippen LogP contribution < -0.4 is 10.6 Å². The molecule has 108 valence electrons. The van der Waals surface area contributed by atoms with Gasteiger partial charge in [-0.25, -0.2) is 18.4 Å². The molecule has 1 aliphatic heterocycles. The van der Waals surface area contributed by atoms with E-state index in [9.17, 15) is 13.2 Å². The fourth-order valence-electron chi connectivity index (χ4n) is 1.88. The molecule has 1 aromatic rings. The van der Waals surface area contributed by atoms with Crippen molar-refractivity contribution in [3.8, 4) is 0 Å². The van der Waals surface area contributed by atoms with Crippen LogP contribution in [0, 0.1) is 0 Å². The van der Waals surface area contributed by atoms with E-state index in [0.29, 0.717) is 24.5 Å². The first-order chi connectivity index (χ1) is 9.50. The van der Waals surface area contributed by atoms with Crippen LogP contribution in [0.2, 0.25) is 0 Å². The van der Waals surface area contributed by atoms with Crippen LogP contribution in [-0.4, -0.2) is 48.4 Å². The van der Waals surface area contributed by atoms with Gasteiger partial charge in [0.15, 0.2) is 9.84 Å². The van der Waals surface area contributed by atoms with Crippen LogP contribution in [0.1, 0.15) is 16.8 Å². The van der Waals surface area contributed by atoms with Crippen molar-refractivity contribution >= 4 is 21.7 Å². The monoisotopic (exact) mass is 296 g/mol. The normalized spacial score (nSPS) is 20.3. The molecule has 1 atom stereocenters. The van der Waals surface area contributed by atoms with Crippen LogP contribution in [-0.2, 0) is 9.84 Å². The predicted molar refractivity (Wildman–Crippen MR) is 75.2 cm³/mol. The third kappa shape index (κ3) is 3.77. The summed E-state index contributed by atoms with van der Waals surface area (Å²) in [7, 11) is -3.01. The molecule has 1 saturated heterocycles. The smallest absolute Gasteiger partial charge is 0.254 e. The van der Waals surface area contributed by atoms with Gasteiger partial charge in [0.2, 0.25) is 5.95 Å². The Kier molecular flexibility index (Phi) is 4.33. The number of carbonyl (C=O) groups is 1. The first-order valence-electron chi connectivity index (χ1n) is 6.18. The average molecular weight is 296 g/mol. The molecule has 20 heavy (non-hydrogen) atoms. The van der Waals surface area contributed by atoms with Gasteiger partial charge in [0.1, 0.15) is 0 Å². The molecule has 2 rings (SSSR count). The van der Waals surface area contributed by atoms with Crippen molar-refractivity contribution in [2.45, 2.75) is 12.5 Å². The number of hydrogen-bond acceptors (Lipinski definition) is 6. The Hall–Kier alpha value is -1.96. The summed E-state index contributed by atoms with van der Waals surface area (Å²) in [5.74, 6) is 0.171. The zero-order chi connectivity index (χ0) is 14.6. The topological polar surface area (TPSA) is 101 Å². The standard InChI is InChI=1S/C12H16N4O3S/c1-2-4-13-12-14-6-9(7-15-12)11(17)16-10-3-5-20(18,19)8-10/h2,6-7,10H,1,3-5,8H2,(H,16,17)(H,13,14,15). The summed E-state index contributed by atoms with van der Waals surface area (Å²) in [6.07, 6.45) is 4.92. The van der Waals surface area contributed by atoms with Crippen LogP contribution in [0.25, 0.3) is 0 Å². The maximum atomic E-state index is 11.9. The lowest BCUT2D eigenvalue weighted by Gasteiger charge is -2.10. The van der Waals surface area contributed by atoms with Gasteiger partial charge in [-0.1, -0.05) is 6.08 Å². The molecule has 7 nitrogen and oxygen atoms in total. The quantitative estimate of drug-likeness (QED) is 0.741. The van der Waals surface area contributed by atoms with Gasteiger partial charge in [-0.05, 0) is 6.42 Å². The lowest BCUT2D eigenvalue weighted by Crippen LogP contribution is -2.35. The van der Waals surface area contributed by atoms with Crippen LogP contribution in [0.15, 0.2) is 25.0 Å². The number of anilines is 1. The van der Waals surface area contributed by atoms with Gasteiger partial charge in [-0.2, -0.15) is 0 Å². The molecule has 0 saturated carbocycles. The Balaban J connectivity index is 1.94. The minimum absolute atomic E-state index is 0.00142. The molecule has 8 heteroatoms. The highest BCUT2D eigenvalue weighted by Crippen LogP contribution is 2.12. The van der Waals surface area contributed by atoms with Crippen molar-refractivity contribution < 1.29 is 13.2 Å². The van der Waals surface area contributed by atoms with E-state index >= 15 is 0 Å². The molecule has 0 radical (unpaired) electrons. The van der Waals surface area contributed by atoms with Crippen LogP contribution in [0.5, 0.6) is 0 Å². The molecular formula is C12H16N4O3S. The first kappa shape index (κ1) is 14.4. The fourth-order valence-corrected chi connectivity index (χ4v) is 3.55. The Morgan fingerprint density at radius 3 is 2.70 bits per heavy atom. The zero-order valence-electron chi connectivity index (χ0n) is 10.9. The van der Waals surface area contributed by atoms with E-state index in [1.54, 1.807) is 6.08 Å². The molecule has 1 unspecified atom stereocenters. The Bertz CT molecular complexity index is 598. The van der Waals surface area contributed by atoms with Gasteiger partial charge in [0.25, 0.3) is 5.91 Å². The number of amides is 1. The van der Waals surface area contributed by atoms with Crippen molar-refractivity contribution in [1.29, 1.82) is 0 Å². The van der Waals surface area contributed by atoms with E-state index in [1.165, 1.54) is 12.4 Å². The van der Waals surface area contributed by atoms with E-state index in [0.717, 1.165) is 0 Å². The summed E-state index contributed by atoms with van der Waals surface area (Å²) < 4.78 is 22.6. The average Bonchev–Trinajstić information content (AvgIpc) is 2.76. The molecule has 2 heterocycles. The maximum absolute atomic E-state index is 11.9. The second kappa shape index (κ2) is 6.00. The molecular weight excluding hydrogens is 280 g/mol. The van der Waals surface area contributed by atoms with Gasteiger partial charge < -0.3 is 10.6 Å². The summed E-state index contributed by atoms with van der Waals surface area (Å²) >= 11 is 0. The molecule has 2 N–H and O–H groups in total. The summed E-state index contributed by atoms with van der Waals surface area (Å²) in [6, 6.07) is -0.328. The number of aromatic nitrogens is 2. The molecule has 0 aromatic carbocycles. The molecule has 0 aliphatic carbocycles. The largest absolute Gasteiger partial charge is 0.351 e. The molecule has 1 amide bonds. The molecule has 1 aliphatic rings. The SMILES string of the molecule is C=CCNc1ncc(C(=O)NC2CCS(=O)(=O)C2)cn1. The number of nitrogens with zero attached hydrogens (tertiary/aromatic N) is 2. The zero-order valence-corrected chi connectivity index (χ0v) is 11.7. The lowest BCUT2D eigenvalue weighted by atomic mass is 10.2. The highest BCUT2D eigenvalue weighted by Gasteiger charge is 2.29. The highest BCUT2D eigenvalue weighted by atomic mass is 32.2. The number of nitrogens with one attached hydrogen (secondary N) is 2. The third-order valence-electron chi connectivity index (χ3n) is 2.89. The van der Waals surface area contributed by atoms with E-state index in [4.69, 9.17) is 0 Å². The van der Waals surface area contributed by atoms with Crippen molar-refractivity contribution in [2.24, 2.45) is 0 Å². The van der Waals surface area contributed by atoms with E-state index < -0.39 is 9.84 Å². The van der Waals surface area contributed by atoms with Crippen molar-refractivity contribution in [1.82, 2.24) is 15.3 Å². The van der Waals surface area contributed by atoms with E-state index in [2.05, 4.69) is 27.2 Å². The Labute approximate surface area is 117 Å². The van der Waals surface area contributed by atoms with Gasteiger partial charge in [-0.3, -0.25) is 4.79 Å². The molecule has 1 aromatic heterocycles. The van der Waals surface area contributed by atoms with Crippen LogP contribution in [0.3, 0.4) is 0 Å². The number of sulfone groups is 1. The second-order valence-corrected chi connectivity index (χ2v) is 6.77. The Morgan fingerprint density at radius 2 is 2.15 bits per heavy atom. The van der Waals surface area contributed by atoms with Gasteiger partial charge in [0, 0.05) is 25.0 Å². The first-order valence-corrected chi connectivity index (χ1v) is 8.00. The highest BCUT2D eigenvalue weighted by molar-refractivity contribution is 7.91. The van der Waals surface area contributed by atoms with Crippen LogP contribution in [0.4, 0.5) is 5.95 Å². The van der Waals surface area contributed by atoms with Gasteiger partial charge in [0.05, 0.1) is 17.1 Å². The van der Waals surface area contributed by atoms with Gasteiger partial charge >= 0.3 is 0 Å². The number of carbonyl (C=O) groups excluding carboxylic acids is 1. The third-order valence-corrected chi connectivity index (χ3v) is 4.65. The summed E-state index contributed by atoms with van der Waals surface area (Å²) in [4.78, 5) is 19.9.